The molecule has 0 saturated heterocycles. The minimum Gasteiger partial charge on any atom is -1.00 e. The van der Waals surface area contributed by atoms with Crippen molar-refractivity contribution in [1.82, 2.24) is 9.97 Å². The molecule has 6 nitrogen and oxygen atoms in total. The molecule has 0 aliphatic heterocycles. The van der Waals surface area contributed by atoms with Gasteiger partial charge < -0.3 is 37.2 Å². The van der Waals surface area contributed by atoms with Gasteiger partial charge in [-0.15, -0.1) is 0 Å². The summed E-state index contributed by atoms with van der Waals surface area (Å²) in [6.07, 6.45) is 0. The largest absolute Gasteiger partial charge is 1.00 e. The third kappa shape index (κ3) is 5.09. The summed E-state index contributed by atoms with van der Waals surface area (Å²) in [6.45, 7) is 1.01. The predicted molar refractivity (Wildman–Crippen MR) is 115 cm³/mol. The zero-order chi connectivity index (χ0) is 20.2. The highest BCUT2D eigenvalue weighted by molar-refractivity contribution is 6.30. The Morgan fingerprint density at radius 3 is 2.57 bits per heavy atom. The van der Waals surface area contributed by atoms with Crippen LogP contribution in [-0.2, 0) is 13.2 Å². The van der Waals surface area contributed by atoms with Gasteiger partial charge in [0.1, 0.15) is 6.61 Å². The van der Waals surface area contributed by atoms with E-state index in [0.29, 0.717) is 29.7 Å². The highest BCUT2D eigenvalue weighted by atomic mass is 35.5. The monoisotopic (exact) mass is 444 g/mol. The number of imidazole rings is 1. The Bertz CT molecular complexity index is 1200. The number of benzene rings is 3. The number of halogens is 2. The molecule has 0 radical (unpaired) electrons. The number of H-pyrrole nitrogens is 2. The van der Waals surface area contributed by atoms with E-state index in [-0.39, 0.29) is 18.1 Å². The van der Waals surface area contributed by atoms with Crippen LogP contribution in [0, 0.1) is 0 Å². The van der Waals surface area contributed by atoms with Gasteiger partial charge in [0.2, 0.25) is 0 Å². The summed E-state index contributed by atoms with van der Waals surface area (Å²) < 4.78 is 11.4. The molecule has 156 valence electrons. The van der Waals surface area contributed by atoms with Gasteiger partial charge in [-0.05, 0) is 53.6 Å². The van der Waals surface area contributed by atoms with Crippen LogP contribution in [0.2, 0.25) is 5.02 Å². The van der Waals surface area contributed by atoms with Gasteiger partial charge in [-0.1, -0.05) is 29.8 Å². The van der Waals surface area contributed by atoms with E-state index in [1.165, 1.54) is 0 Å². The van der Waals surface area contributed by atoms with E-state index in [0.717, 1.165) is 27.8 Å². The predicted octanol–water partition coefficient (Wildman–Crippen LogP) is 1.71. The fourth-order valence-corrected chi connectivity index (χ4v) is 3.29. The first kappa shape index (κ1) is 21.6. The molecule has 1 aromatic heterocycles. The van der Waals surface area contributed by atoms with E-state index in [1.54, 1.807) is 7.11 Å². The Kier molecular flexibility index (Phi) is 6.92. The molecule has 0 bridgehead atoms. The number of aromatic amines is 2. The number of anilines is 1. The Labute approximate surface area is 184 Å². The van der Waals surface area contributed by atoms with Gasteiger partial charge in [-0.3, -0.25) is 0 Å². The summed E-state index contributed by atoms with van der Waals surface area (Å²) in [5.41, 5.74) is 4.28. The van der Waals surface area contributed by atoms with Crippen LogP contribution in [-0.4, -0.2) is 17.1 Å². The summed E-state index contributed by atoms with van der Waals surface area (Å²) in [4.78, 5) is 16.9. The topological polar surface area (TPSA) is 79.1 Å². The first-order valence-corrected chi connectivity index (χ1v) is 9.48. The molecule has 0 atom stereocenters. The van der Waals surface area contributed by atoms with Crippen LogP contribution in [0.25, 0.3) is 11.0 Å². The van der Waals surface area contributed by atoms with Gasteiger partial charge in [-0.2, -0.15) is 0 Å². The van der Waals surface area contributed by atoms with E-state index >= 15 is 0 Å². The van der Waals surface area contributed by atoms with Gasteiger partial charge in [-0.25, -0.2) is 4.79 Å². The molecule has 8 heteroatoms. The van der Waals surface area contributed by atoms with Crippen molar-refractivity contribution in [2.75, 3.05) is 12.4 Å². The number of nitrogens with one attached hydrogen (secondary N) is 3. The Morgan fingerprint density at radius 1 is 0.933 bits per heavy atom. The van der Waals surface area contributed by atoms with Crippen LogP contribution >= 0.6 is 11.6 Å². The van der Waals surface area contributed by atoms with Crippen molar-refractivity contribution in [3.8, 4) is 11.5 Å². The molecule has 0 aliphatic rings. The van der Waals surface area contributed by atoms with Crippen LogP contribution in [0.3, 0.4) is 0 Å². The molecule has 0 amide bonds. The van der Waals surface area contributed by atoms with E-state index in [2.05, 4.69) is 15.3 Å². The van der Waals surface area contributed by atoms with Crippen molar-refractivity contribution < 1.29 is 21.9 Å². The summed E-state index contributed by atoms with van der Waals surface area (Å²) in [5, 5.41) is 4.03. The second-order valence-corrected chi connectivity index (χ2v) is 7.03. The van der Waals surface area contributed by atoms with Crippen molar-refractivity contribution in [2.45, 2.75) is 13.2 Å². The SMILES string of the molecule is COc1cc(CNc2ccc3[nH]c(=O)[nH]c3c2)ccc1OCc1cccc(Cl)c1.[Cl-]. The first-order valence-electron chi connectivity index (χ1n) is 9.11. The van der Waals surface area contributed by atoms with Crippen LogP contribution in [0.1, 0.15) is 11.1 Å². The Morgan fingerprint density at radius 2 is 1.77 bits per heavy atom. The summed E-state index contributed by atoms with van der Waals surface area (Å²) >= 11 is 6.02. The number of hydrogen-bond acceptors (Lipinski definition) is 4. The molecule has 4 rings (SSSR count). The minimum absolute atomic E-state index is 0. The molecule has 3 N–H and O–H groups in total. The molecule has 0 unspecified atom stereocenters. The summed E-state index contributed by atoms with van der Waals surface area (Å²) in [7, 11) is 1.62. The van der Waals surface area contributed by atoms with Gasteiger partial charge in [0.15, 0.2) is 11.5 Å². The van der Waals surface area contributed by atoms with Crippen molar-refractivity contribution in [2.24, 2.45) is 0 Å². The quantitative estimate of drug-likeness (QED) is 0.405. The van der Waals surface area contributed by atoms with Crippen molar-refractivity contribution in [1.29, 1.82) is 0 Å². The van der Waals surface area contributed by atoms with Crippen molar-refractivity contribution in [3.05, 3.63) is 87.3 Å². The van der Waals surface area contributed by atoms with E-state index in [1.807, 2.05) is 60.7 Å². The number of aromatic nitrogens is 2. The molecule has 0 saturated carbocycles. The number of rotatable bonds is 7. The molecule has 1 heterocycles. The Hall–Kier alpha value is -3.09. The number of hydrogen-bond donors (Lipinski definition) is 3. The number of ether oxygens (including phenoxy) is 2. The number of methoxy groups -OCH3 is 1. The maximum Gasteiger partial charge on any atom is 0.323 e. The zero-order valence-electron chi connectivity index (χ0n) is 16.2. The minimum atomic E-state index is -0.213. The van der Waals surface area contributed by atoms with Gasteiger partial charge in [0.25, 0.3) is 0 Å². The van der Waals surface area contributed by atoms with Crippen LogP contribution in [0.5, 0.6) is 11.5 Å². The van der Waals surface area contributed by atoms with Crippen LogP contribution in [0.15, 0.2) is 65.5 Å². The molecule has 30 heavy (non-hydrogen) atoms. The first-order chi connectivity index (χ1) is 14.1. The normalized spacial score (nSPS) is 10.5. The van der Waals surface area contributed by atoms with Crippen LogP contribution < -0.4 is 32.9 Å². The lowest BCUT2D eigenvalue weighted by atomic mass is 10.2. The third-order valence-corrected chi connectivity index (χ3v) is 4.76. The molecule has 3 aromatic carbocycles. The van der Waals surface area contributed by atoms with Crippen molar-refractivity contribution >= 4 is 28.3 Å². The lowest BCUT2D eigenvalue weighted by molar-refractivity contribution is -0.00000644. The molecule has 0 fully saturated rings. The average Bonchev–Trinajstić information content (AvgIpc) is 3.10. The van der Waals surface area contributed by atoms with Gasteiger partial charge in [0.05, 0.1) is 18.1 Å². The molecular weight excluding hydrogens is 425 g/mol. The maximum atomic E-state index is 11.4. The van der Waals surface area contributed by atoms with E-state index < -0.39 is 0 Å². The standard InChI is InChI=1S/C22H20ClN3O3.ClH/c1-28-21-10-14(5-8-20(21)29-13-15-3-2-4-16(23)9-15)12-24-17-6-7-18-19(11-17)26-22(27)25-18;/h2-11,24H,12-13H2,1H3,(H2,25,26,27);1H/p-1. The number of fused-ring (bicyclic) bond motifs is 1. The second-order valence-electron chi connectivity index (χ2n) is 6.60. The maximum absolute atomic E-state index is 11.4. The van der Waals surface area contributed by atoms with Crippen molar-refractivity contribution in [3.63, 3.8) is 0 Å². The smallest absolute Gasteiger partial charge is 0.323 e. The highest BCUT2D eigenvalue weighted by Gasteiger charge is 2.07. The Balaban J connectivity index is 0.00000256. The molecule has 4 aromatic rings. The highest BCUT2D eigenvalue weighted by Crippen LogP contribution is 2.29. The lowest BCUT2D eigenvalue weighted by Gasteiger charge is -2.13. The fourth-order valence-electron chi connectivity index (χ4n) is 3.08. The average molecular weight is 445 g/mol. The van der Waals surface area contributed by atoms with E-state index in [4.69, 9.17) is 21.1 Å². The molecule has 0 spiro atoms. The molecular formula is C22H20Cl2N3O3-. The molecule has 0 aliphatic carbocycles. The summed E-state index contributed by atoms with van der Waals surface area (Å²) in [6, 6.07) is 19.1. The fraction of sp³-hybridized carbons (Fsp3) is 0.136. The van der Waals surface area contributed by atoms with Crippen LogP contribution in [0.4, 0.5) is 5.69 Å². The summed E-state index contributed by atoms with van der Waals surface area (Å²) in [5.74, 6) is 1.33. The lowest BCUT2D eigenvalue weighted by Crippen LogP contribution is -3.00. The second kappa shape index (κ2) is 9.61. The van der Waals surface area contributed by atoms with E-state index in [9.17, 15) is 4.79 Å². The zero-order valence-corrected chi connectivity index (χ0v) is 17.7. The van der Waals surface area contributed by atoms with Gasteiger partial charge in [0, 0.05) is 17.3 Å². The third-order valence-electron chi connectivity index (χ3n) is 4.52. The van der Waals surface area contributed by atoms with Gasteiger partial charge >= 0.3 is 5.69 Å².